The van der Waals surface area contributed by atoms with E-state index >= 15 is 0 Å². The zero-order chi connectivity index (χ0) is 26.2. The maximum atomic E-state index is 12.0. The molecule has 0 aromatic carbocycles. The average molecular weight is 515 g/mol. The fraction of sp³-hybridized carbons (Fsp3) is 0.806. The number of fused-ring (bicyclic) bond motifs is 6. The van der Waals surface area contributed by atoms with E-state index < -0.39 is 18.2 Å². The first-order valence-electron chi connectivity index (χ1n) is 14.8. The number of aliphatic hydroxyl groups is 2. The van der Waals surface area contributed by atoms with Crippen molar-refractivity contribution >= 4 is 0 Å². The van der Waals surface area contributed by atoms with Gasteiger partial charge >= 0.3 is 0 Å². The smallest absolute Gasteiger partial charge is 0.172 e. The topological polar surface area (TPSA) is 81.3 Å². The van der Waals surface area contributed by atoms with E-state index in [1.54, 1.807) is 0 Å². The van der Waals surface area contributed by atoms with Crippen LogP contribution < -0.4 is 0 Å². The maximum Gasteiger partial charge on any atom is 0.172 e. The Hall–Kier alpha value is -1.18. The molecule has 3 unspecified atom stereocenters. The van der Waals surface area contributed by atoms with Crippen molar-refractivity contribution in [3.8, 4) is 0 Å². The maximum absolute atomic E-state index is 12.0. The second kappa shape index (κ2) is 8.92. The molecule has 7 rings (SSSR count). The number of aliphatic hydroxyl groups excluding tert-OH is 2. The van der Waals surface area contributed by atoms with Crippen molar-refractivity contribution in [3.05, 3.63) is 35.3 Å². The number of aryl methyl sites for hydroxylation is 1. The Morgan fingerprint density at radius 1 is 0.946 bits per heavy atom. The Balaban J connectivity index is 0.00000123. The van der Waals surface area contributed by atoms with Gasteiger partial charge in [0.05, 0.1) is 24.9 Å². The predicted molar refractivity (Wildman–Crippen MR) is 140 cm³/mol. The van der Waals surface area contributed by atoms with Gasteiger partial charge in [-0.1, -0.05) is 39.3 Å². The second-order valence-corrected chi connectivity index (χ2v) is 12.9. The molecular weight excluding hydrogens is 468 g/mol. The largest absolute Gasteiger partial charge is 0.466 e. The van der Waals surface area contributed by atoms with Crippen molar-refractivity contribution in [2.24, 2.45) is 28.6 Å². The lowest BCUT2D eigenvalue weighted by molar-refractivity contribution is -0.221. The lowest BCUT2D eigenvalue weighted by Crippen LogP contribution is -2.61. The number of ether oxygens (including phenoxy) is 3. The summed E-state index contributed by atoms with van der Waals surface area (Å²) in [4.78, 5) is 0. The highest BCUT2D eigenvalue weighted by Crippen LogP contribution is 2.72. The van der Waals surface area contributed by atoms with E-state index in [9.17, 15) is 10.2 Å². The molecule has 1 aromatic heterocycles. The lowest BCUT2D eigenvalue weighted by Gasteiger charge is -2.62. The minimum Gasteiger partial charge on any atom is -0.466 e. The van der Waals surface area contributed by atoms with Crippen molar-refractivity contribution in [2.45, 2.75) is 116 Å². The SMILES string of the molecule is CC.Cc1ccc([C@@H]2C=C3CC4(CC[C@]3(C)C3[C@@H]2[C@@H]2CCC5(CCC(O)O5)[C@@]2(C)C[C@H]3O)OCCO4)o1. The molecule has 37 heavy (non-hydrogen) atoms. The molecule has 2 aliphatic heterocycles. The molecule has 0 bridgehead atoms. The third-order valence-corrected chi connectivity index (χ3v) is 11.5. The van der Waals surface area contributed by atoms with Crippen LogP contribution in [0, 0.1) is 35.5 Å². The van der Waals surface area contributed by atoms with Crippen LogP contribution in [0.4, 0.5) is 0 Å². The Morgan fingerprint density at radius 3 is 2.32 bits per heavy atom. The molecule has 2 spiro atoms. The molecule has 3 saturated carbocycles. The van der Waals surface area contributed by atoms with Gasteiger partial charge in [0.25, 0.3) is 0 Å². The van der Waals surface area contributed by atoms with Gasteiger partial charge in [0.2, 0.25) is 0 Å². The molecule has 5 fully saturated rings. The third-order valence-electron chi connectivity index (χ3n) is 11.5. The van der Waals surface area contributed by atoms with Crippen LogP contribution in [-0.4, -0.2) is 47.2 Å². The molecule has 206 valence electrons. The van der Waals surface area contributed by atoms with Crippen molar-refractivity contribution < 1.29 is 28.8 Å². The molecule has 6 nitrogen and oxygen atoms in total. The van der Waals surface area contributed by atoms with E-state index in [0.29, 0.717) is 25.6 Å². The van der Waals surface area contributed by atoms with E-state index in [-0.39, 0.29) is 34.2 Å². The normalized spacial score (nSPS) is 47.7. The van der Waals surface area contributed by atoms with Crippen LogP contribution >= 0.6 is 0 Å². The number of hydrogen-bond donors (Lipinski definition) is 2. The van der Waals surface area contributed by atoms with E-state index in [2.05, 4.69) is 32.1 Å². The van der Waals surface area contributed by atoms with Crippen LogP contribution in [0.25, 0.3) is 0 Å². The summed E-state index contributed by atoms with van der Waals surface area (Å²) < 4.78 is 24.9. The van der Waals surface area contributed by atoms with Gasteiger partial charge in [-0.2, -0.15) is 0 Å². The Morgan fingerprint density at radius 2 is 1.68 bits per heavy atom. The fourth-order valence-electron chi connectivity index (χ4n) is 9.81. The van der Waals surface area contributed by atoms with Gasteiger partial charge in [-0.25, -0.2) is 0 Å². The molecule has 9 atom stereocenters. The highest BCUT2D eigenvalue weighted by atomic mass is 16.7. The van der Waals surface area contributed by atoms with Gasteiger partial charge in [-0.05, 0) is 74.3 Å². The first-order valence-corrected chi connectivity index (χ1v) is 14.8. The lowest BCUT2D eigenvalue weighted by atomic mass is 9.43. The molecule has 0 amide bonds. The predicted octanol–water partition coefficient (Wildman–Crippen LogP) is 5.85. The second-order valence-electron chi connectivity index (χ2n) is 12.9. The molecule has 6 heteroatoms. The Bertz CT molecular complexity index is 1040. The van der Waals surface area contributed by atoms with Gasteiger partial charge in [0.15, 0.2) is 12.1 Å². The quantitative estimate of drug-likeness (QED) is 0.458. The van der Waals surface area contributed by atoms with Crippen LogP contribution in [0.1, 0.15) is 96.5 Å². The van der Waals surface area contributed by atoms with E-state index in [4.69, 9.17) is 18.6 Å². The average Bonchev–Trinajstić information content (AvgIpc) is 3.65. The fourth-order valence-corrected chi connectivity index (χ4v) is 9.81. The standard InChI is InChI=1S/C29H40O6.C2H6/c1-17-4-5-22(34-17)19-14-18-15-29(32-12-13-33-29)11-10-26(18,2)25-21(30)16-27(3)20(24(19)25)6-8-28(27)9-7-23(31)35-28;1-2/h4-5,14,19-21,23-25,30-31H,6-13,15-16H2,1-3H3;1-2H3/t19-,20-,21+,23?,24-,25?,26-,27-,28?;/m0./s1. The van der Waals surface area contributed by atoms with Crippen molar-refractivity contribution in [2.75, 3.05) is 13.2 Å². The van der Waals surface area contributed by atoms with Crippen molar-refractivity contribution in [3.63, 3.8) is 0 Å². The van der Waals surface area contributed by atoms with E-state index in [0.717, 1.165) is 56.5 Å². The summed E-state index contributed by atoms with van der Waals surface area (Å²) in [5.74, 6) is 2.36. The number of rotatable bonds is 1. The Labute approximate surface area is 221 Å². The molecule has 2 saturated heterocycles. The van der Waals surface area contributed by atoms with Gasteiger partial charge in [0.1, 0.15) is 11.5 Å². The summed E-state index contributed by atoms with van der Waals surface area (Å²) in [6.07, 6.45) is 8.32. The Kier molecular flexibility index (Phi) is 6.28. The number of allylic oxidation sites excluding steroid dienone is 1. The summed E-state index contributed by atoms with van der Waals surface area (Å²) in [6, 6.07) is 4.20. The van der Waals surface area contributed by atoms with E-state index in [1.807, 2.05) is 20.8 Å². The molecule has 4 aliphatic carbocycles. The van der Waals surface area contributed by atoms with Crippen molar-refractivity contribution in [1.29, 1.82) is 0 Å². The molecule has 6 aliphatic rings. The molecule has 1 aromatic rings. The van der Waals surface area contributed by atoms with Gasteiger partial charge < -0.3 is 28.8 Å². The van der Waals surface area contributed by atoms with Crippen molar-refractivity contribution in [1.82, 2.24) is 0 Å². The zero-order valence-corrected chi connectivity index (χ0v) is 23.3. The van der Waals surface area contributed by atoms with Crippen LogP contribution in [0.15, 0.2) is 28.2 Å². The van der Waals surface area contributed by atoms with Gasteiger partial charge in [-0.3, -0.25) is 0 Å². The zero-order valence-electron chi connectivity index (χ0n) is 23.3. The first-order chi connectivity index (χ1) is 17.7. The summed E-state index contributed by atoms with van der Waals surface area (Å²) in [6.45, 7) is 12.1. The summed E-state index contributed by atoms with van der Waals surface area (Å²) in [5, 5.41) is 22.4. The summed E-state index contributed by atoms with van der Waals surface area (Å²) in [7, 11) is 0. The molecular formula is C31H46O6. The van der Waals surface area contributed by atoms with Crippen LogP contribution in [-0.2, 0) is 14.2 Å². The molecule has 2 N–H and O–H groups in total. The molecule has 0 radical (unpaired) electrons. The van der Waals surface area contributed by atoms with E-state index in [1.165, 1.54) is 5.57 Å². The van der Waals surface area contributed by atoms with Crippen LogP contribution in [0.5, 0.6) is 0 Å². The highest BCUT2D eigenvalue weighted by Gasteiger charge is 2.70. The van der Waals surface area contributed by atoms with Gasteiger partial charge in [-0.15, -0.1) is 0 Å². The minimum atomic E-state index is -0.680. The van der Waals surface area contributed by atoms with Crippen LogP contribution in [0.3, 0.4) is 0 Å². The molecule has 3 heterocycles. The number of furan rings is 1. The summed E-state index contributed by atoms with van der Waals surface area (Å²) in [5.41, 5.74) is 0.782. The monoisotopic (exact) mass is 514 g/mol. The number of hydrogen-bond acceptors (Lipinski definition) is 6. The van der Waals surface area contributed by atoms with Gasteiger partial charge in [0, 0.05) is 30.6 Å². The van der Waals surface area contributed by atoms with Crippen LogP contribution in [0.2, 0.25) is 0 Å². The highest BCUT2D eigenvalue weighted by molar-refractivity contribution is 5.35. The third kappa shape index (κ3) is 3.62. The minimum absolute atomic E-state index is 0.0874. The summed E-state index contributed by atoms with van der Waals surface area (Å²) >= 11 is 0. The first kappa shape index (κ1) is 26.1.